The van der Waals surface area contributed by atoms with Crippen molar-refractivity contribution in [3.05, 3.63) is 63.0 Å². The predicted molar refractivity (Wildman–Crippen MR) is 94.3 cm³/mol. The summed E-state index contributed by atoms with van der Waals surface area (Å²) in [5.41, 5.74) is 2.76. The fourth-order valence-corrected chi connectivity index (χ4v) is 3.16. The van der Waals surface area contributed by atoms with Gasteiger partial charge in [-0.05, 0) is 42.1 Å². The van der Waals surface area contributed by atoms with E-state index in [4.69, 9.17) is 11.6 Å². The molecule has 0 unspecified atom stereocenters. The summed E-state index contributed by atoms with van der Waals surface area (Å²) in [5.74, 6) is 0. The second kappa shape index (κ2) is 6.93. The maximum absolute atomic E-state index is 11.9. The van der Waals surface area contributed by atoms with E-state index in [1.54, 1.807) is 35.7 Å². The molecule has 0 amide bonds. The highest BCUT2D eigenvalue weighted by Gasteiger charge is 2.05. The molecule has 23 heavy (non-hydrogen) atoms. The van der Waals surface area contributed by atoms with Gasteiger partial charge >= 0.3 is 0 Å². The molecule has 0 aliphatic heterocycles. The Balaban J connectivity index is 1.71. The zero-order chi connectivity index (χ0) is 16.2. The van der Waals surface area contributed by atoms with Crippen LogP contribution in [0.25, 0.3) is 10.6 Å². The summed E-state index contributed by atoms with van der Waals surface area (Å²) in [6.45, 7) is 3.08. The van der Waals surface area contributed by atoms with Crippen molar-refractivity contribution in [1.82, 2.24) is 14.8 Å². The van der Waals surface area contributed by atoms with Gasteiger partial charge in [0.05, 0.1) is 11.4 Å². The minimum Gasteiger partial charge on any atom is -0.383 e. The topological polar surface area (TPSA) is 59.8 Å². The van der Waals surface area contributed by atoms with Crippen LogP contribution in [0.5, 0.6) is 0 Å². The Morgan fingerprint density at radius 2 is 2.17 bits per heavy atom. The van der Waals surface area contributed by atoms with E-state index in [0.717, 1.165) is 16.3 Å². The first-order valence-corrected chi connectivity index (χ1v) is 8.37. The Morgan fingerprint density at radius 1 is 1.30 bits per heavy atom. The molecule has 0 atom stereocenters. The third-order valence-electron chi connectivity index (χ3n) is 3.23. The van der Waals surface area contributed by atoms with E-state index in [1.807, 2.05) is 13.0 Å². The van der Waals surface area contributed by atoms with Gasteiger partial charge in [0.15, 0.2) is 0 Å². The lowest BCUT2D eigenvalue weighted by Crippen LogP contribution is -2.25. The Bertz CT molecular complexity index is 874. The van der Waals surface area contributed by atoms with Crippen LogP contribution in [0, 0.1) is 6.92 Å². The van der Waals surface area contributed by atoms with Crippen LogP contribution < -0.4 is 10.9 Å². The highest BCUT2D eigenvalue weighted by molar-refractivity contribution is 7.13. The van der Waals surface area contributed by atoms with Crippen molar-refractivity contribution in [2.24, 2.45) is 0 Å². The Kier molecular flexibility index (Phi) is 4.73. The summed E-state index contributed by atoms with van der Waals surface area (Å²) in [4.78, 5) is 16.9. The molecule has 0 aromatic carbocycles. The van der Waals surface area contributed by atoms with Crippen LogP contribution in [0.2, 0.25) is 5.15 Å². The molecule has 0 radical (unpaired) electrons. The highest BCUT2D eigenvalue weighted by Crippen LogP contribution is 2.24. The van der Waals surface area contributed by atoms with Gasteiger partial charge in [-0.2, -0.15) is 5.10 Å². The number of thiophene rings is 1. The zero-order valence-corrected chi connectivity index (χ0v) is 14.1. The molecule has 3 aromatic rings. The van der Waals surface area contributed by atoms with Gasteiger partial charge in [0.2, 0.25) is 0 Å². The maximum atomic E-state index is 11.9. The van der Waals surface area contributed by atoms with Crippen LogP contribution in [0.4, 0.5) is 5.69 Å². The lowest BCUT2D eigenvalue weighted by molar-refractivity contribution is 0.601. The number of aromatic nitrogens is 3. The first kappa shape index (κ1) is 15.7. The lowest BCUT2D eigenvalue weighted by Gasteiger charge is -2.08. The van der Waals surface area contributed by atoms with Gasteiger partial charge in [-0.25, -0.2) is 9.67 Å². The van der Waals surface area contributed by atoms with E-state index in [1.165, 1.54) is 10.2 Å². The fraction of sp³-hybridized carbons (Fsp3) is 0.188. The first-order valence-electron chi connectivity index (χ1n) is 7.11. The van der Waals surface area contributed by atoms with Gasteiger partial charge in [0.1, 0.15) is 10.8 Å². The molecule has 7 heteroatoms. The molecule has 0 bridgehead atoms. The van der Waals surface area contributed by atoms with E-state index in [9.17, 15) is 4.79 Å². The molecule has 0 saturated heterocycles. The van der Waals surface area contributed by atoms with Crippen LogP contribution in [0.1, 0.15) is 5.56 Å². The lowest BCUT2D eigenvalue weighted by atomic mass is 10.3. The summed E-state index contributed by atoms with van der Waals surface area (Å²) < 4.78 is 1.47. The second-order valence-corrected chi connectivity index (χ2v) is 6.36. The molecule has 0 aliphatic carbocycles. The number of rotatable bonds is 5. The third-order valence-corrected chi connectivity index (χ3v) is 4.51. The number of nitrogens with zero attached hydrogens (tertiary/aromatic N) is 3. The van der Waals surface area contributed by atoms with Crippen molar-refractivity contribution in [2.45, 2.75) is 13.5 Å². The van der Waals surface area contributed by atoms with Crippen molar-refractivity contribution >= 4 is 28.6 Å². The minimum absolute atomic E-state index is 0.114. The molecule has 3 rings (SSSR count). The third kappa shape index (κ3) is 3.97. The van der Waals surface area contributed by atoms with Crippen LogP contribution in [-0.4, -0.2) is 21.3 Å². The summed E-state index contributed by atoms with van der Waals surface area (Å²) in [6, 6.07) is 8.95. The van der Waals surface area contributed by atoms with Crippen molar-refractivity contribution in [3.63, 3.8) is 0 Å². The van der Waals surface area contributed by atoms with Gasteiger partial charge in [0, 0.05) is 24.5 Å². The van der Waals surface area contributed by atoms with Gasteiger partial charge in [-0.15, -0.1) is 11.3 Å². The number of aryl methyl sites for hydroxylation is 1. The molecule has 118 valence electrons. The summed E-state index contributed by atoms with van der Waals surface area (Å²) in [7, 11) is 0. The monoisotopic (exact) mass is 346 g/mol. The average molecular weight is 347 g/mol. The Morgan fingerprint density at radius 3 is 2.91 bits per heavy atom. The number of pyridine rings is 1. The number of halogens is 1. The molecular formula is C16H15ClN4OS. The minimum atomic E-state index is -0.114. The average Bonchev–Trinajstić information content (AvgIpc) is 2.96. The smallest absolute Gasteiger partial charge is 0.266 e. The van der Waals surface area contributed by atoms with E-state index in [0.29, 0.717) is 18.2 Å². The number of hydrogen-bond acceptors (Lipinski definition) is 5. The summed E-state index contributed by atoms with van der Waals surface area (Å²) in [5, 5.41) is 10.1. The van der Waals surface area contributed by atoms with Gasteiger partial charge < -0.3 is 5.32 Å². The number of anilines is 1. The predicted octanol–water partition coefficient (Wildman–Crippen LogP) is 3.44. The van der Waals surface area contributed by atoms with Crippen LogP contribution >= 0.6 is 22.9 Å². The molecule has 0 fully saturated rings. The van der Waals surface area contributed by atoms with E-state index >= 15 is 0 Å². The van der Waals surface area contributed by atoms with Crippen LogP contribution in [0.3, 0.4) is 0 Å². The van der Waals surface area contributed by atoms with Crippen molar-refractivity contribution in [3.8, 4) is 10.6 Å². The Labute approximate surface area is 142 Å². The van der Waals surface area contributed by atoms with Gasteiger partial charge in [-0.1, -0.05) is 11.6 Å². The largest absolute Gasteiger partial charge is 0.383 e. The van der Waals surface area contributed by atoms with Crippen LogP contribution in [-0.2, 0) is 6.54 Å². The summed E-state index contributed by atoms with van der Waals surface area (Å²) in [6.07, 6.45) is 1.63. The standard InChI is InChI=1S/C16H15ClN4OS/c1-11-8-14(23-10-11)13-2-3-16(22)21(20-13)7-6-18-12-4-5-19-15(17)9-12/h2-5,8-10H,6-7H2,1H3,(H,18,19). The first-order chi connectivity index (χ1) is 11.1. The molecule has 0 spiro atoms. The van der Waals surface area contributed by atoms with E-state index in [2.05, 4.69) is 26.8 Å². The highest BCUT2D eigenvalue weighted by atomic mass is 35.5. The molecule has 1 N–H and O–H groups in total. The fourth-order valence-electron chi connectivity index (χ4n) is 2.12. The Hall–Kier alpha value is -2.18. The SMILES string of the molecule is Cc1csc(-c2ccc(=O)n(CCNc3ccnc(Cl)c3)n2)c1. The number of hydrogen-bond donors (Lipinski definition) is 1. The van der Waals surface area contributed by atoms with Crippen molar-refractivity contribution in [1.29, 1.82) is 0 Å². The van der Waals surface area contributed by atoms with E-state index in [-0.39, 0.29) is 5.56 Å². The quantitative estimate of drug-likeness (QED) is 0.719. The second-order valence-electron chi connectivity index (χ2n) is 5.06. The van der Waals surface area contributed by atoms with Crippen molar-refractivity contribution in [2.75, 3.05) is 11.9 Å². The van der Waals surface area contributed by atoms with E-state index < -0.39 is 0 Å². The molecule has 5 nitrogen and oxygen atoms in total. The zero-order valence-electron chi connectivity index (χ0n) is 12.5. The molecule has 3 heterocycles. The number of nitrogens with one attached hydrogen (secondary N) is 1. The maximum Gasteiger partial charge on any atom is 0.266 e. The summed E-state index contributed by atoms with van der Waals surface area (Å²) >= 11 is 7.46. The van der Waals surface area contributed by atoms with Crippen LogP contribution in [0.15, 0.2) is 46.7 Å². The molecule has 0 saturated carbocycles. The van der Waals surface area contributed by atoms with Crippen molar-refractivity contribution < 1.29 is 0 Å². The van der Waals surface area contributed by atoms with Gasteiger partial charge in [0.25, 0.3) is 5.56 Å². The molecule has 3 aromatic heterocycles. The molecular weight excluding hydrogens is 332 g/mol. The normalized spacial score (nSPS) is 10.7. The molecule has 0 aliphatic rings. The van der Waals surface area contributed by atoms with Gasteiger partial charge in [-0.3, -0.25) is 4.79 Å².